The predicted octanol–water partition coefficient (Wildman–Crippen LogP) is 0.484. The number of aldehydes is 1. The number of carbonyl (C=O) groups is 1. The van der Waals surface area contributed by atoms with Crippen molar-refractivity contribution in [1.29, 1.82) is 0 Å². The summed E-state index contributed by atoms with van der Waals surface area (Å²) < 4.78 is 107. The molecular weight excluding hydrogens is 1180 g/mol. The Morgan fingerprint density at radius 3 is 1.31 bits per heavy atom. The van der Waals surface area contributed by atoms with Crippen molar-refractivity contribution in [3.8, 4) is 0 Å². The molecule has 510 valence electrons. The molecule has 14 unspecified atom stereocenters. The third-order valence-electron chi connectivity index (χ3n) is 12.0. The summed E-state index contributed by atoms with van der Waals surface area (Å²) in [6.45, 7) is 4.14. The van der Waals surface area contributed by atoms with Crippen LogP contribution in [0.2, 0.25) is 0 Å². The lowest BCUT2D eigenvalue weighted by molar-refractivity contribution is -0.301. The molecule has 2 aromatic carbocycles. The van der Waals surface area contributed by atoms with Gasteiger partial charge in [-0.2, -0.15) is 8.42 Å². The molecular formula is C57H102O29S. The van der Waals surface area contributed by atoms with Gasteiger partial charge in [-0.15, -0.1) is 6.58 Å². The standard InChI is InChI=1S/C15H22O5.C14H20O5.C7H16O5.C7H14O3.2C6H12O4.C2H6O3S/c1-16-10-12-9-13(15(17-2)18-3)20-14(19-12)11-7-5-4-6-8-11;1-16-14(17-2)12-8-11(9-15)18-13(19-12)10-6-4-3-5-7-10;1-11-7(12-2)6(10)3-5(9)4-8;1-4-5-6(8)7(9-2)10-3;1-9-3-4-2-5(7)6(8)10-4;1-10-4-6(9)2-5(8)3-7;1-5-6(2,3)4/h4-8,12-15H,9-10H2,1-3H3;3-7,11-15H,8-9H2,1-2H3;5-10H,3-4H2,1-2H3;4,6-8H,1,5H2,2-3H3;4-8H,2-3H2,1H3;3,5-6,8-9H,2,4H2,1H3;1-2H3. The Balaban J connectivity index is 0. The van der Waals surface area contributed by atoms with Crippen LogP contribution in [-0.4, -0.2) is 284 Å². The summed E-state index contributed by atoms with van der Waals surface area (Å²) in [7, 11) is 14.7. The van der Waals surface area contributed by atoms with Gasteiger partial charge in [-0.25, -0.2) is 0 Å². The van der Waals surface area contributed by atoms with Crippen molar-refractivity contribution in [2.24, 2.45) is 0 Å². The van der Waals surface area contributed by atoms with Crippen LogP contribution in [0, 0.1) is 0 Å². The zero-order chi connectivity index (χ0) is 66.3. The van der Waals surface area contributed by atoms with Crippen LogP contribution in [0.4, 0.5) is 0 Å². The van der Waals surface area contributed by atoms with Crippen molar-refractivity contribution in [3.63, 3.8) is 0 Å². The fraction of sp³-hybridized carbons (Fsp3) is 0.737. The van der Waals surface area contributed by atoms with E-state index < -0.39 is 90.8 Å². The number of hydrogen-bond donors (Lipinski definition) is 9. The van der Waals surface area contributed by atoms with Crippen molar-refractivity contribution in [3.05, 3.63) is 84.4 Å². The summed E-state index contributed by atoms with van der Waals surface area (Å²) in [5.41, 5.74) is 1.89. The largest absolute Gasteiger partial charge is 0.394 e. The van der Waals surface area contributed by atoms with Crippen LogP contribution in [0.15, 0.2) is 73.3 Å². The molecule has 0 radical (unpaired) electrons. The molecule has 3 fully saturated rings. The maximum Gasteiger partial charge on any atom is 0.264 e. The molecule has 0 amide bonds. The van der Waals surface area contributed by atoms with E-state index in [9.17, 15) is 28.5 Å². The normalized spacial score (nSPS) is 23.4. The number of aliphatic hydroxyl groups excluding tert-OH is 9. The maximum absolute atomic E-state index is 9.84. The smallest absolute Gasteiger partial charge is 0.264 e. The molecule has 2 aromatic rings. The lowest BCUT2D eigenvalue weighted by atomic mass is 10.1. The minimum absolute atomic E-state index is 0.0306. The Morgan fingerprint density at radius 2 is 0.977 bits per heavy atom. The van der Waals surface area contributed by atoms with E-state index in [0.717, 1.165) is 24.5 Å². The fourth-order valence-corrected chi connectivity index (χ4v) is 7.75. The Labute approximate surface area is 512 Å². The van der Waals surface area contributed by atoms with Gasteiger partial charge in [-0.3, -0.25) is 4.18 Å². The van der Waals surface area contributed by atoms with Gasteiger partial charge in [-0.05, 0) is 6.42 Å². The summed E-state index contributed by atoms with van der Waals surface area (Å²) in [5.74, 6) is 0. The first-order chi connectivity index (χ1) is 41.5. The fourth-order valence-electron chi connectivity index (χ4n) is 7.75. The van der Waals surface area contributed by atoms with Crippen LogP contribution in [0.1, 0.15) is 62.2 Å². The number of ether oxygens (including phenoxy) is 16. The molecule has 87 heavy (non-hydrogen) atoms. The molecule has 0 spiro atoms. The first-order valence-corrected chi connectivity index (χ1v) is 29.2. The number of rotatable bonds is 30. The van der Waals surface area contributed by atoms with Crippen molar-refractivity contribution in [1.82, 2.24) is 0 Å². The molecule has 0 saturated carbocycles. The van der Waals surface area contributed by atoms with Crippen LogP contribution < -0.4 is 0 Å². The zero-order valence-electron chi connectivity index (χ0n) is 52.4. The quantitative estimate of drug-likeness (QED) is 0.0222. The van der Waals surface area contributed by atoms with Crippen LogP contribution in [0.25, 0.3) is 0 Å². The first kappa shape index (κ1) is 85.8. The van der Waals surface area contributed by atoms with Gasteiger partial charge in [0.1, 0.15) is 42.9 Å². The van der Waals surface area contributed by atoms with Gasteiger partial charge in [0.25, 0.3) is 10.1 Å². The molecule has 3 aliphatic rings. The Kier molecular flexibility index (Phi) is 51.7. The maximum atomic E-state index is 9.84. The molecule has 3 aliphatic heterocycles. The third kappa shape index (κ3) is 38.9. The summed E-state index contributed by atoms with van der Waals surface area (Å²) in [6, 6.07) is 19.5. The van der Waals surface area contributed by atoms with Gasteiger partial charge in [0.2, 0.25) is 0 Å². The minimum atomic E-state index is -3.16. The molecule has 3 saturated heterocycles. The average molecular weight is 1280 g/mol. The zero-order valence-corrected chi connectivity index (χ0v) is 53.2. The Bertz CT molecular complexity index is 1980. The summed E-state index contributed by atoms with van der Waals surface area (Å²) in [4.78, 5) is 9.84. The number of aliphatic hydroxyl groups is 9. The van der Waals surface area contributed by atoms with Crippen molar-refractivity contribution >= 4 is 16.4 Å². The number of carbonyl (C=O) groups excluding carboxylic acids is 1. The van der Waals surface area contributed by atoms with Crippen LogP contribution in [0.3, 0.4) is 0 Å². The molecule has 30 heteroatoms. The van der Waals surface area contributed by atoms with E-state index in [-0.39, 0.29) is 63.2 Å². The van der Waals surface area contributed by atoms with Gasteiger partial charge >= 0.3 is 0 Å². The lowest BCUT2D eigenvalue weighted by Gasteiger charge is -2.38. The lowest BCUT2D eigenvalue weighted by Crippen LogP contribution is -2.43. The number of hydrogen-bond acceptors (Lipinski definition) is 29. The third-order valence-corrected chi connectivity index (χ3v) is 12.6. The highest BCUT2D eigenvalue weighted by Gasteiger charge is 2.37. The second-order valence-corrected chi connectivity index (χ2v) is 20.6. The van der Waals surface area contributed by atoms with E-state index in [2.05, 4.69) is 15.5 Å². The minimum Gasteiger partial charge on any atom is -0.394 e. The second-order valence-electron chi connectivity index (χ2n) is 18.9. The van der Waals surface area contributed by atoms with Gasteiger partial charge in [0.05, 0.1) is 76.9 Å². The molecule has 0 aliphatic carbocycles. The summed E-state index contributed by atoms with van der Waals surface area (Å²) in [5, 5.41) is 80.6. The van der Waals surface area contributed by atoms with E-state index in [1.165, 1.54) is 35.5 Å². The van der Waals surface area contributed by atoms with Crippen molar-refractivity contribution < 1.29 is 139 Å². The molecule has 29 nitrogen and oxygen atoms in total. The van der Waals surface area contributed by atoms with Crippen LogP contribution in [-0.2, 0) is 94.9 Å². The SMILES string of the molecule is C=CCC(O)C(OC)OC.COC(OC)C(O)CC(O)CO.COC(OC)C1CC(CO)OC(c2ccccc2)O1.COCC(O)CC(O)C=O.COCC1CC(C(OC)OC)OC(c2ccccc2)O1.COCC1CC(O)C(O)O1.COS(C)(=O)=O. The molecule has 9 N–H and O–H groups in total. The topological polar surface area (TPSA) is 390 Å². The summed E-state index contributed by atoms with van der Waals surface area (Å²) >= 11 is 0. The van der Waals surface area contributed by atoms with E-state index in [4.69, 9.17) is 102 Å². The second kappa shape index (κ2) is 52.4. The van der Waals surface area contributed by atoms with Crippen molar-refractivity contribution in [2.45, 2.75) is 150 Å². The highest BCUT2D eigenvalue weighted by molar-refractivity contribution is 7.85. The average Bonchev–Trinajstić information content (AvgIpc) is 3.43. The van der Waals surface area contributed by atoms with Crippen LogP contribution in [0.5, 0.6) is 0 Å². The van der Waals surface area contributed by atoms with E-state index in [1.807, 2.05) is 60.7 Å². The summed E-state index contributed by atoms with van der Waals surface area (Å²) in [6.07, 6.45) is -4.96. The molecule has 5 rings (SSSR count). The number of methoxy groups -OCH3 is 11. The Hall–Kier alpha value is -3.24. The molecule has 0 bridgehead atoms. The van der Waals surface area contributed by atoms with E-state index >= 15 is 0 Å². The molecule has 3 heterocycles. The molecule has 0 aromatic heterocycles. The number of benzene rings is 2. The Morgan fingerprint density at radius 1 is 0.563 bits per heavy atom. The van der Waals surface area contributed by atoms with Gasteiger partial charge in [0, 0.05) is 121 Å². The first-order valence-electron chi connectivity index (χ1n) is 27.3. The van der Waals surface area contributed by atoms with E-state index in [0.29, 0.717) is 45.2 Å². The van der Waals surface area contributed by atoms with Crippen molar-refractivity contribution in [2.75, 3.05) is 125 Å². The monoisotopic (exact) mass is 1280 g/mol. The highest BCUT2D eigenvalue weighted by Crippen LogP contribution is 2.33. The predicted molar refractivity (Wildman–Crippen MR) is 312 cm³/mol. The van der Waals surface area contributed by atoms with Gasteiger partial charge in [-0.1, -0.05) is 66.7 Å². The van der Waals surface area contributed by atoms with Gasteiger partial charge < -0.3 is 127 Å². The highest BCUT2D eigenvalue weighted by atomic mass is 32.2. The van der Waals surface area contributed by atoms with Gasteiger partial charge in [0.15, 0.2) is 44.0 Å². The molecule has 14 atom stereocenters. The van der Waals surface area contributed by atoms with Crippen LogP contribution >= 0.6 is 0 Å². The van der Waals surface area contributed by atoms with E-state index in [1.54, 1.807) is 48.7 Å².